The van der Waals surface area contributed by atoms with Crippen LogP contribution >= 0.6 is 11.6 Å². The zero-order valence-corrected chi connectivity index (χ0v) is 15.8. The highest BCUT2D eigenvalue weighted by molar-refractivity contribution is 6.28. The summed E-state index contributed by atoms with van der Waals surface area (Å²) in [5, 5.41) is 4.33. The third-order valence-electron chi connectivity index (χ3n) is 4.48. The van der Waals surface area contributed by atoms with Gasteiger partial charge in [0.25, 0.3) is 0 Å². The fourth-order valence-corrected chi connectivity index (χ4v) is 2.98. The van der Waals surface area contributed by atoms with Crippen LogP contribution in [0.5, 0.6) is 5.75 Å². The molecule has 0 aromatic carbocycles. The highest BCUT2D eigenvalue weighted by Gasteiger charge is 2.29. The second-order valence-corrected chi connectivity index (χ2v) is 7.82. The van der Waals surface area contributed by atoms with E-state index >= 15 is 0 Å². The third-order valence-corrected chi connectivity index (χ3v) is 4.67. The number of hydrogen-bond donors (Lipinski definition) is 0. The van der Waals surface area contributed by atoms with Gasteiger partial charge < -0.3 is 14.2 Å². The molecule has 136 valence electrons. The van der Waals surface area contributed by atoms with Crippen molar-refractivity contribution in [3.63, 3.8) is 0 Å². The SMILES string of the molecule is C[C@H](Oc1cnc(Cl)nc1)C1CCN(c2nc(C(C)(C)C)no2)CC1. The fourth-order valence-electron chi connectivity index (χ4n) is 2.88. The number of piperidine rings is 1. The van der Waals surface area contributed by atoms with Crippen molar-refractivity contribution in [2.24, 2.45) is 5.92 Å². The molecule has 1 atom stereocenters. The number of hydrogen-bond acceptors (Lipinski definition) is 7. The summed E-state index contributed by atoms with van der Waals surface area (Å²) in [4.78, 5) is 14.6. The van der Waals surface area contributed by atoms with Crippen molar-refractivity contribution in [2.75, 3.05) is 18.0 Å². The molecule has 1 aliphatic rings. The first kappa shape index (κ1) is 17.9. The average Bonchev–Trinajstić information content (AvgIpc) is 3.07. The summed E-state index contributed by atoms with van der Waals surface area (Å²) < 4.78 is 11.4. The summed E-state index contributed by atoms with van der Waals surface area (Å²) in [6.07, 6.45) is 5.30. The van der Waals surface area contributed by atoms with Gasteiger partial charge in [0, 0.05) is 18.5 Å². The number of ether oxygens (including phenoxy) is 1. The monoisotopic (exact) mass is 365 g/mol. The van der Waals surface area contributed by atoms with E-state index in [1.807, 2.05) is 0 Å². The molecule has 25 heavy (non-hydrogen) atoms. The average molecular weight is 366 g/mol. The van der Waals surface area contributed by atoms with Crippen LogP contribution in [0.4, 0.5) is 6.01 Å². The molecular weight excluding hydrogens is 342 g/mol. The van der Waals surface area contributed by atoms with E-state index in [0.717, 1.165) is 31.8 Å². The van der Waals surface area contributed by atoms with Gasteiger partial charge in [0.2, 0.25) is 5.28 Å². The number of rotatable bonds is 4. The van der Waals surface area contributed by atoms with Gasteiger partial charge in [-0.05, 0) is 37.3 Å². The van der Waals surface area contributed by atoms with Crippen LogP contribution in [0.2, 0.25) is 5.28 Å². The van der Waals surface area contributed by atoms with Crippen molar-refractivity contribution in [2.45, 2.75) is 52.1 Å². The molecule has 0 N–H and O–H groups in total. The lowest BCUT2D eigenvalue weighted by molar-refractivity contribution is 0.131. The molecule has 2 aromatic rings. The second kappa shape index (κ2) is 7.15. The maximum absolute atomic E-state index is 5.94. The number of anilines is 1. The van der Waals surface area contributed by atoms with Gasteiger partial charge in [-0.1, -0.05) is 25.9 Å². The van der Waals surface area contributed by atoms with Gasteiger partial charge in [0.1, 0.15) is 0 Å². The van der Waals surface area contributed by atoms with Crippen LogP contribution in [0.15, 0.2) is 16.9 Å². The molecule has 7 nitrogen and oxygen atoms in total. The lowest BCUT2D eigenvalue weighted by Crippen LogP contribution is -2.39. The predicted octanol–water partition coefficient (Wildman–Crippen LogP) is 3.49. The highest BCUT2D eigenvalue weighted by atomic mass is 35.5. The summed E-state index contributed by atoms with van der Waals surface area (Å²) in [6, 6.07) is 0.614. The van der Waals surface area contributed by atoms with Crippen LogP contribution in [0.1, 0.15) is 46.4 Å². The lowest BCUT2D eigenvalue weighted by Gasteiger charge is -2.33. The summed E-state index contributed by atoms with van der Waals surface area (Å²) in [7, 11) is 0. The van der Waals surface area contributed by atoms with Crippen molar-refractivity contribution >= 4 is 17.6 Å². The van der Waals surface area contributed by atoms with E-state index in [4.69, 9.17) is 20.9 Å². The summed E-state index contributed by atoms with van der Waals surface area (Å²) in [5.74, 6) is 1.84. The molecular formula is C17H24ClN5O2. The third kappa shape index (κ3) is 4.39. The Balaban J connectivity index is 1.54. The van der Waals surface area contributed by atoms with Gasteiger partial charge >= 0.3 is 6.01 Å². The van der Waals surface area contributed by atoms with Gasteiger partial charge in [-0.2, -0.15) is 4.98 Å². The van der Waals surface area contributed by atoms with E-state index in [1.165, 1.54) is 0 Å². The Hall–Kier alpha value is -1.89. The van der Waals surface area contributed by atoms with E-state index < -0.39 is 0 Å². The maximum atomic E-state index is 5.94. The molecule has 3 rings (SSSR count). The van der Waals surface area contributed by atoms with E-state index in [9.17, 15) is 0 Å². The van der Waals surface area contributed by atoms with Gasteiger partial charge in [-0.25, -0.2) is 9.97 Å². The van der Waals surface area contributed by atoms with E-state index in [2.05, 4.69) is 52.7 Å². The lowest BCUT2D eigenvalue weighted by atomic mass is 9.92. The van der Waals surface area contributed by atoms with Crippen molar-refractivity contribution < 1.29 is 9.26 Å². The van der Waals surface area contributed by atoms with Crippen LogP contribution in [0.25, 0.3) is 0 Å². The Morgan fingerprint density at radius 2 is 1.88 bits per heavy atom. The van der Waals surface area contributed by atoms with Crippen molar-refractivity contribution in [3.8, 4) is 5.75 Å². The molecule has 8 heteroatoms. The Bertz CT molecular complexity index is 690. The van der Waals surface area contributed by atoms with E-state index in [1.54, 1.807) is 12.4 Å². The largest absolute Gasteiger partial charge is 0.487 e. The normalized spacial score (nSPS) is 17.6. The van der Waals surface area contributed by atoms with Gasteiger partial charge in [0.15, 0.2) is 11.6 Å². The topological polar surface area (TPSA) is 77.2 Å². The molecule has 1 saturated heterocycles. The van der Waals surface area contributed by atoms with Gasteiger partial charge in [-0.3, -0.25) is 0 Å². The minimum atomic E-state index is -0.108. The zero-order chi connectivity index (χ0) is 18.0. The van der Waals surface area contributed by atoms with Gasteiger partial charge in [0.05, 0.1) is 18.5 Å². The Morgan fingerprint density at radius 1 is 1.24 bits per heavy atom. The first-order valence-electron chi connectivity index (χ1n) is 8.56. The highest BCUT2D eigenvalue weighted by Crippen LogP contribution is 2.28. The quantitative estimate of drug-likeness (QED) is 0.767. The molecule has 0 bridgehead atoms. The smallest absolute Gasteiger partial charge is 0.324 e. The molecule has 0 aliphatic carbocycles. The minimum absolute atomic E-state index is 0.0831. The minimum Gasteiger partial charge on any atom is -0.487 e. The molecule has 0 radical (unpaired) electrons. The number of nitrogens with zero attached hydrogens (tertiary/aromatic N) is 5. The first-order chi connectivity index (χ1) is 11.8. The summed E-state index contributed by atoms with van der Waals surface area (Å²) in [5.41, 5.74) is -0.108. The molecule has 1 fully saturated rings. The van der Waals surface area contributed by atoms with Crippen LogP contribution in [-0.2, 0) is 5.41 Å². The molecule has 0 unspecified atom stereocenters. The molecule has 1 aliphatic heterocycles. The molecule has 0 amide bonds. The number of halogens is 1. The van der Waals surface area contributed by atoms with Crippen molar-refractivity contribution in [1.29, 1.82) is 0 Å². The Labute approximate surface area is 152 Å². The Morgan fingerprint density at radius 3 is 2.44 bits per heavy atom. The summed E-state index contributed by atoms with van der Waals surface area (Å²) in [6.45, 7) is 10.1. The summed E-state index contributed by atoms with van der Waals surface area (Å²) >= 11 is 5.70. The van der Waals surface area contributed by atoms with Gasteiger partial charge in [-0.15, -0.1) is 0 Å². The molecule has 2 aromatic heterocycles. The standard InChI is InChI=1S/C17H24ClN5O2/c1-11(24-13-9-19-15(18)20-10-13)12-5-7-23(8-6-12)16-21-14(22-25-16)17(2,3)4/h9-12H,5-8H2,1-4H3/t11-/m0/s1. The van der Waals surface area contributed by atoms with E-state index in [-0.39, 0.29) is 16.8 Å². The second-order valence-electron chi connectivity index (χ2n) is 7.49. The van der Waals surface area contributed by atoms with Crippen molar-refractivity contribution in [1.82, 2.24) is 20.1 Å². The van der Waals surface area contributed by atoms with Crippen LogP contribution in [0.3, 0.4) is 0 Å². The maximum Gasteiger partial charge on any atom is 0.324 e. The van der Waals surface area contributed by atoms with E-state index in [0.29, 0.717) is 17.7 Å². The van der Waals surface area contributed by atoms with Crippen LogP contribution in [-0.4, -0.2) is 39.3 Å². The zero-order valence-electron chi connectivity index (χ0n) is 15.1. The van der Waals surface area contributed by atoms with Crippen LogP contribution in [0, 0.1) is 5.92 Å². The first-order valence-corrected chi connectivity index (χ1v) is 8.94. The molecule has 0 spiro atoms. The number of aromatic nitrogens is 4. The predicted molar refractivity (Wildman–Crippen MR) is 95.1 cm³/mol. The van der Waals surface area contributed by atoms with Crippen LogP contribution < -0.4 is 9.64 Å². The Kier molecular flexibility index (Phi) is 5.13. The fraction of sp³-hybridized carbons (Fsp3) is 0.647. The molecule has 3 heterocycles. The van der Waals surface area contributed by atoms with Crippen molar-refractivity contribution in [3.05, 3.63) is 23.5 Å². The molecule has 0 saturated carbocycles.